The largest absolute Gasteiger partial charge is 0.326 e. The molecule has 82 valence electrons. The molecule has 0 aromatic heterocycles. The smallest absolute Gasteiger partial charge is 0.139 e. The average molecular weight is 205 g/mol. The summed E-state index contributed by atoms with van der Waals surface area (Å²) in [5, 5.41) is 0. The molecule has 0 atom stereocenters. The van der Waals surface area contributed by atoms with Crippen molar-refractivity contribution >= 4 is 5.78 Å². The predicted molar refractivity (Wildman–Crippen MR) is 62.6 cm³/mol. The van der Waals surface area contributed by atoms with Crippen LogP contribution in [-0.4, -0.2) is 5.78 Å². The SMILES string of the molecule is Cc1cc(CN)ccc1CC(=O)C(C)C. The third-order valence-corrected chi connectivity index (χ3v) is 2.65. The van der Waals surface area contributed by atoms with Gasteiger partial charge < -0.3 is 5.73 Å². The molecule has 0 heterocycles. The van der Waals surface area contributed by atoms with Crippen LogP contribution in [0, 0.1) is 12.8 Å². The Morgan fingerprint density at radius 1 is 1.40 bits per heavy atom. The second-order valence-electron chi connectivity index (χ2n) is 4.26. The van der Waals surface area contributed by atoms with E-state index in [1.54, 1.807) is 0 Å². The zero-order chi connectivity index (χ0) is 11.4. The Morgan fingerprint density at radius 3 is 2.53 bits per heavy atom. The molecule has 1 aromatic carbocycles. The van der Waals surface area contributed by atoms with E-state index in [0.29, 0.717) is 18.7 Å². The number of carbonyl (C=O) groups is 1. The molecule has 1 aromatic rings. The summed E-state index contributed by atoms with van der Waals surface area (Å²) < 4.78 is 0. The summed E-state index contributed by atoms with van der Waals surface area (Å²) in [6.07, 6.45) is 0.536. The van der Waals surface area contributed by atoms with Crippen LogP contribution in [0.4, 0.5) is 0 Å². The molecule has 0 radical (unpaired) electrons. The normalized spacial score (nSPS) is 10.7. The maximum absolute atomic E-state index is 11.6. The van der Waals surface area contributed by atoms with Gasteiger partial charge in [0.15, 0.2) is 0 Å². The van der Waals surface area contributed by atoms with Gasteiger partial charge in [-0.1, -0.05) is 32.0 Å². The Bertz CT molecular complexity index is 356. The van der Waals surface area contributed by atoms with E-state index in [2.05, 4.69) is 6.07 Å². The van der Waals surface area contributed by atoms with Crippen molar-refractivity contribution in [2.75, 3.05) is 0 Å². The molecule has 0 saturated heterocycles. The lowest BCUT2D eigenvalue weighted by Gasteiger charge is -2.08. The number of carbonyl (C=O) groups excluding carboxylic acids is 1. The first kappa shape index (κ1) is 11.9. The summed E-state index contributed by atoms with van der Waals surface area (Å²) in [7, 11) is 0. The van der Waals surface area contributed by atoms with Crippen LogP contribution < -0.4 is 5.73 Å². The van der Waals surface area contributed by atoms with Gasteiger partial charge >= 0.3 is 0 Å². The van der Waals surface area contributed by atoms with Gasteiger partial charge in [0.05, 0.1) is 0 Å². The average Bonchev–Trinajstić information content (AvgIpc) is 2.20. The van der Waals surface area contributed by atoms with E-state index in [0.717, 1.165) is 16.7 Å². The van der Waals surface area contributed by atoms with Crippen molar-refractivity contribution < 1.29 is 4.79 Å². The fourth-order valence-electron chi connectivity index (χ4n) is 1.48. The predicted octanol–water partition coefficient (Wildman–Crippen LogP) is 2.22. The van der Waals surface area contributed by atoms with Gasteiger partial charge in [-0.3, -0.25) is 4.79 Å². The van der Waals surface area contributed by atoms with Crippen LogP contribution in [0.15, 0.2) is 18.2 Å². The molecule has 0 amide bonds. The Hall–Kier alpha value is -1.15. The maximum atomic E-state index is 11.6. The van der Waals surface area contributed by atoms with Gasteiger partial charge in [0.1, 0.15) is 5.78 Å². The molecule has 0 aliphatic heterocycles. The minimum Gasteiger partial charge on any atom is -0.326 e. The van der Waals surface area contributed by atoms with Crippen LogP contribution in [0.2, 0.25) is 0 Å². The molecule has 0 bridgehead atoms. The van der Waals surface area contributed by atoms with Gasteiger partial charge in [-0.2, -0.15) is 0 Å². The molecule has 1 rings (SSSR count). The molecule has 0 spiro atoms. The highest BCUT2D eigenvalue weighted by Gasteiger charge is 2.09. The fourth-order valence-corrected chi connectivity index (χ4v) is 1.48. The molecule has 0 aliphatic carbocycles. The number of aryl methyl sites for hydroxylation is 1. The van der Waals surface area contributed by atoms with Crippen molar-refractivity contribution in [3.05, 3.63) is 34.9 Å². The number of nitrogens with two attached hydrogens (primary N) is 1. The lowest BCUT2D eigenvalue weighted by Crippen LogP contribution is -2.11. The summed E-state index contributed by atoms with van der Waals surface area (Å²) in [5.74, 6) is 0.400. The van der Waals surface area contributed by atoms with Gasteiger partial charge in [-0.25, -0.2) is 0 Å². The molecule has 0 unspecified atom stereocenters. The van der Waals surface area contributed by atoms with Crippen LogP contribution in [0.5, 0.6) is 0 Å². The van der Waals surface area contributed by atoms with Gasteiger partial charge in [0, 0.05) is 18.9 Å². The molecule has 0 aliphatic rings. The van der Waals surface area contributed by atoms with Gasteiger partial charge in [-0.05, 0) is 23.6 Å². The lowest BCUT2D eigenvalue weighted by molar-refractivity contribution is -0.121. The van der Waals surface area contributed by atoms with Crippen molar-refractivity contribution in [2.45, 2.75) is 33.7 Å². The highest BCUT2D eigenvalue weighted by molar-refractivity contribution is 5.82. The van der Waals surface area contributed by atoms with Crippen LogP contribution in [-0.2, 0) is 17.8 Å². The van der Waals surface area contributed by atoms with Crippen molar-refractivity contribution in [2.24, 2.45) is 11.7 Å². The van der Waals surface area contributed by atoms with Crippen molar-refractivity contribution in [3.63, 3.8) is 0 Å². The van der Waals surface area contributed by atoms with E-state index in [1.165, 1.54) is 0 Å². The first-order valence-electron chi connectivity index (χ1n) is 5.35. The Morgan fingerprint density at radius 2 is 2.07 bits per heavy atom. The van der Waals surface area contributed by atoms with Crippen molar-refractivity contribution in [1.82, 2.24) is 0 Å². The maximum Gasteiger partial charge on any atom is 0.139 e. The summed E-state index contributed by atoms with van der Waals surface area (Å²) >= 11 is 0. The molecule has 2 nitrogen and oxygen atoms in total. The van der Waals surface area contributed by atoms with Crippen LogP contribution in [0.25, 0.3) is 0 Å². The number of hydrogen-bond acceptors (Lipinski definition) is 2. The minimum absolute atomic E-state index is 0.110. The number of benzene rings is 1. The minimum atomic E-state index is 0.110. The molecule has 0 saturated carbocycles. The summed E-state index contributed by atoms with van der Waals surface area (Å²) in [5.41, 5.74) is 8.95. The van der Waals surface area contributed by atoms with Crippen LogP contribution in [0.1, 0.15) is 30.5 Å². The number of ketones is 1. The first-order valence-corrected chi connectivity index (χ1v) is 5.35. The van der Waals surface area contributed by atoms with E-state index >= 15 is 0 Å². The lowest BCUT2D eigenvalue weighted by atomic mass is 9.96. The van der Waals surface area contributed by atoms with Crippen molar-refractivity contribution in [3.8, 4) is 0 Å². The quantitative estimate of drug-likeness (QED) is 0.819. The zero-order valence-corrected chi connectivity index (χ0v) is 9.71. The summed E-state index contributed by atoms with van der Waals surface area (Å²) in [6, 6.07) is 6.07. The highest BCUT2D eigenvalue weighted by atomic mass is 16.1. The molecule has 0 fully saturated rings. The van der Waals surface area contributed by atoms with Gasteiger partial charge in [0.2, 0.25) is 0 Å². The van der Waals surface area contributed by atoms with E-state index in [4.69, 9.17) is 5.73 Å². The standard InChI is InChI=1S/C13H19NO/c1-9(2)13(15)7-12-5-4-11(8-14)6-10(12)3/h4-6,9H,7-8,14H2,1-3H3. The highest BCUT2D eigenvalue weighted by Crippen LogP contribution is 2.13. The topological polar surface area (TPSA) is 43.1 Å². The molecular formula is C13H19NO. The van der Waals surface area contributed by atoms with Crippen molar-refractivity contribution in [1.29, 1.82) is 0 Å². The summed E-state index contributed by atoms with van der Waals surface area (Å²) in [4.78, 5) is 11.6. The molecule has 2 N–H and O–H groups in total. The molecule has 15 heavy (non-hydrogen) atoms. The van der Waals surface area contributed by atoms with Gasteiger partial charge in [0.25, 0.3) is 0 Å². The Kier molecular flexibility index (Phi) is 4.04. The van der Waals surface area contributed by atoms with E-state index in [1.807, 2.05) is 32.9 Å². The third-order valence-electron chi connectivity index (χ3n) is 2.65. The first-order chi connectivity index (χ1) is 7.04. The third kappa shape index (κ3) is 3.17. The molecule has 2 heteroatoms. The second-order valence-corrected chi connectivity index (χ2v) is 4.26. The Balaban J connectivity index is 2.83. The van der Waals surface area contributed by atoms with Crippen LogP contribution >= 0.6 is 0 Å². The monoisotopic (exact) mass is 205 g/mol. The molecular weight excluding hydrogens is 186 g/mol. The van der Waals surface area contributed by atoms with Crippen LogP contribution in [0.3, 0.4) is 0 Å². The second kappa shape index (κ2) is 5.08. The van der Waals surface area contributed by atoms with E-state index in [-0.39, 0.29) is 5.92 Å². The van der Waals surface area contributed by atoms with E-state index < -0.39 is 0 Å². The summed E-state index contributed by atoms with van der Waals surface area (Å²) in [6.45, 7) is 6.46. The number of rotatable bonds is 4. The Labute approximate surface area is 91.5 Å². The van der Waals surface area contributed by atoms with E-state index in [9.17, 15) is 4.79 Å². The van der Waals surface area contributed by atoms with Gasteiger partial charge in [-0.15, -0.1) is 0 Å². The fraction of sp³-hybridized carbons (Fsp3) is 0.462. The number of hydrogen-bond donors (Lipinski definition) is 1. The number of Topliss-reactive ketones (excluding diaryl/α,β-unsaturated/α-hetero) is 1. The zero-order valence-electron chi connectivity index (χ0n) is 9.71.